The molecule has 0 radical (unpaired) electrons. The monoisotopic (exact) mass is 392 g/mol. The van der Waals surface area contributed by atoms with Gasteiger partial charge in [-0.05, 0) is 49.2 Å². The van der Waals surface area contributed by atoms with Crippen LogP contribution in [0.2, 0.25) is 0 Å². The fourth-order valence-corrected chi connectivity index (χ4v) is 3.93. The van der Waals surface area contributed by atoms with E-state index in [-0.39, 0.29) is 17.9 Å². The van der Waals surface area contributed by atoms with Crippen LogP contribution in [0.15, 0.2) is 66.4 Å². The van der Waals surface area contributed by atoms with Crippen LogP contribution >= 0.6 is 12.2 Å². The molecule has 146 valence electrons. The minimum atomic E-state index is -0.199. The summed E-state index contributed by atoms with van der Waals surface area (Å²) in [6.07, 6.45) is 15.2. The highest BCUT2D eigenvalue weighted by Gasteiger charge is 2.38. The number of thiocarbonyl (C=S) groups is 1. The Kier molecular flexibility index (Phi) is 6.63. The van der Waals surface area contributed by atoms with Gasteiger partial charge in [0.05, 0.1) is 12.0 Å². The molecule has 2 atom stereocenters. The van der Waals surface area contributed by atoms with Crippen LogP contribution in [0.1, 0.15) is 44.2 Å². The third kappa shape index (κ3) is 4.33. The maximum absolute atomic E-state index is 13.0. The largest absolute Gasteiger partial charge is 0.355 e. The Morgan fingerprint density at radius 1 is 1.21 bits per heavy atom. The fourth-order valence-electron chi connectivity index (χ4n) is 3.60. The first-order valence-electron chi connectivity index (χ1n) is 10.0. The molecule has 1 fully saturated rings. The second-order valence-corrected chi connectivity index (χ2v) is 7.75. The summed E-state index contributed by atoms with van der Waals surface area (Å²) in [5.74, 6) is -0.155. The lowest BCUT2D eigenvalue weighted by atomic mass is 9.90. The Morgan fingerprint density at radius 3 is 2.71 bits per heavy atom. The Morgan fingerprint density at radius 2 is 1.96 bits per heavy atom. The lowest BCUT2D eigenvalue weighted by Crippen LogP contribution is -2.58. The van der Waals surface area contributed by atoms with Gasteiger partial charge in [-0.25, -0.2) is 0 Å². The molecule has 2 aliphatic carbocycles. The van der Waals surface area contributed by atoms with E-state index < -0.39 is 0 Å². The van der Waals surface area contributed by atoms with Gasteiger partial charge in [0.2, 0.25) is 5.91 Å². The molecule has 3 aliphatic rings. The van der Waals surface area contributed by atoms with Gasteiger partial charge in [0.15, 0.2) is 5.11 Å². The predicted molar refractivity (Wildman–Crippen MR) is 121 cm³/mol. The maximum atomic E-state index is 13.0. The summed E-state index contributed by atoms with van der Waals surface area (Å²) in [7, 11) is 0. The van der Waals surface area contributed by atoms with Crippen LogP contribution < -0.4 is 5.32 Å². The van der Waals surface area contributed by atoms with Crippen LogP contribution in [-0.4, -0.2) is 22.0 Å². The lowest BCUT2D eigenvalue weighted by Gasteiger charge is -2.39. The summed E-state index contributed by atoms with van der Waals surface area (Å²) in [6, 6.07) is 8.45. The zero-order valence-electron chi connectivity index (χ0n) is 16.8. The minimum absolute atomic E-state index is 0.0364. The number of carbonyl (C=O) groups excluding carboxylic acids is 1. The Bertz CT molecular complexity index is 878. The number of rotatable bonds is 2. The van der Waals surface area contributed by atoms with E-state index in [1.54, 1.807) is 4.90 Å². The fraction of sp³-hybridized carbons (Fsp3) is 0.333. The van der Waals surface area contributed by atoms with Crippen LogP contribution in [0, 0.1) is 12.8 Å². The molecule has 4 rings (SSSR count). The number of amides is 1. The summed E-state index contributed by atoms with van der Waals surface area (Å²) < 4.78 is 0. The molecule has 1 saturated heterocycles. The molecule has 0 aromatic heterocycles. The third-order valence-electron chi connectivity index (χ3n) is 4.87. The van der Waals surface area contributed by atoms with Gasteiger partial charge in [-0.3, -0.25) is 9.69 Å². The van der Waals surface area contributed by atoms with Crippen molar-refractivity contribution < 1.29 is 4.79 Å². The molecule has 0 saturated carbocycles. The number of aryl methyl sites for hydroxylation is 1. The van der Waals surface area contributed by atoms with Gasteiger partial charge < -0.3 is 5.32 Å². The number of nitrogens with zero attached hydrogens (tertiary/aromatic N) is 1. The first-order chi connectivity index (χ1) is 13.5. The number of hydrogen-bond donors (Lipinski definition) is 1. The second-order valence-electron chi connectivity index (χ2n) is 7.36. The van der Waals surface area contributed by atoms with Crippen LogP contribution in [0.5, 0.6) is 0 Å². The Labute approximate surface area is 173 Å². The first-order valence-corrected chi connectivity index (χ1v) is 10.4. The van der Waals surface area contributed by atoms with E-state index >= 15 is 0 Å². The van der Waals surface area contributed by atoms with Crippen molar-refractivity contribution in [1.82, 2.24) is 10.2 Å². The van der Waals surface area contributed by atoms with Crippen molar-refractivity contribution >= 4 is 28.8 Å². The van der Waals surface area contributed by atoms with Crippen LogP contribution in [-0.2, 0) is 4.79 Å². The minimum Gasteiger partial charge on any atom is -0.355 e. The summed E-state index contributed by atoms with van der Waals surface area (Å²) in [4.78, 5) is 14.7. The molecular weight excluding hydrogens is 364 g/mol. The molecule has 4 heteroatoms. The second kappa shape index (κ2) is 9.16. The molecule has 1 heterocycles. The highest BCUT2D eigenvalue weighted by molar-refractivity contribution is 7.80. The Balaban J connectivity index is 0.000000706. The molecule has 28 heavy (non-hydrogen) atoms. The van der Waals surface area contributed by atoms with Crippen molar-refractivity contribution in [3.63, 3.8) is 0 Å². The molecule has 3 nitrogen and oxygen atoms in total. The van der Waals surface area contributed by atoms with Crippen molar-refractivity contribution in [2.24, 2.45) is 5.92 Å². The number of carbonyl (C=O) groups is 1. The SMILES string of the molecule is CCC.Cc1cccc(C2=CC(N3C(=O)C4C=CC=CC4NC3=S)=CCC2)c1. The van der Waals surface area contributed by atoms with E-state index in [2.05, 4.69) is 62.5 Å². The molecular formula is C24H28N2OS. The maximum Gasteiger partial charge on any atom is 0.242 e. The molecule has 1 aromatic rings. The molecule has 0 spiro atoms. The number of allylic oxidation sites excluding steroid dienone is 5. The van der Waals surface area contributed by atoms with Crippen molar-refractivity contribution in [3.05, 3.63) is 77.5 Å². The van der Waals surface area contributed by atoms with Gasteiger partial charge in [0.25, 0.3) is 0 Å². The average molecular weight is 393 g/mol. The van der Waals surface area contributed by atoms with E-state index in [0.717, 1.165) is 18.5 Å². The van der Waals surface area contributed by atoms with E-state index in [4.69, 9.17) is 12.2 Å². The van der Waals surface area contributed by atoms with E-state index in [1.807, 2.05) is 24.3 Å². The van der Waals surface area contributed by atoms with Gasteiger partial charge in [0, 0.05) is 5.70 Å². The van der Waals surface area contributed by atoms with Gasteiger partial charge in [-0.1, -0.05) is 80.5 Å². The standard InChI is InChI=1S/C21H20N2OS.C3H8/c1-14-6-4-7-15(12-14)16-8-5-9-17(13-16)23-20(24)18-10-2-3-11-19(18)22-21(23)25;1-3-2/h2-4,6-7,9-13,18-19H,5,8H2,1H3,(H,22,25);3H2,1-2H3. The van der Waals surface area contributed by atoms with Gasteiger partial charge >= 0.3 is 0 Å². The van der Waals surface area contributed by atoms with Crippen LogP contribution in [0.25, 0.3) is 5.57 Å². The van der Waals surface area contributed by atoms with Crippen molar-refractivity contribution in [2.75, 3.05) is 0 Å². The smallest absolute Gasteiger partial charge is 0.242 e. The number of nitrogens with one attached hydrogen (secondary N) is 1. The zero-order chi connectivity index (χ0) is 20.1. The lowest BCUT2D eigenvalue weighted by molar-refractivity contribution is -0.130. The normalized spacial score (nSPS) is 23.2. The molecule has 1 aromatic carbocycles. The third-order valence-corrected chi connectivity index (χ3v) is 5.17. The molecule has 1 amide bonds. The molecule has 2 unspecified atom stereocenters. The average Bonchev–Trinajstić information content (AvgIpc) is 2.69. The van der Waals surface area contributed by atoms with E-state index in [1.165, 1.54) is 23.1 Å². The van der Waals surface area contributed by atoms with Crippen molar-refractivity contribution in [2.45, 2.75) is 46.1 Å². The highest BCUT2D eigenvalue weighted by atomic mass is 32.1. The summed E-state index contributed by atoms with van der Waals surface area (Å²) in [5, 5.41) is 3.77. The van der Waals surface area contributed by atoms with Crippen molar-refractivity contribution in [1.29, 1.82) is 0 Å². The van der Waals surface area contributed by atoms with Crippen LogP contribution in [0.3, 0.4) is 0 Å². The summed E-state index contributed by atoms with van der Waals surface area (Å²) >= 11 is 5.50. The summed E-state index contributed by atoms with van der Waals surface area (Å²) in [5.41, 5.74) is 4.58. The van der Waals surface area contributed by atoms with Crippen molar-refractivity contribution in [3.8, 4) is 0 Å². The summed E-state index contributed by atoms with van der Waals surface area (Å²) in [6.45, 7) is 6.35. The Hall–Kier alpha value is -2.46. The zero-order valence-corrected chi connectivity index (χ0v) is 17.6. The van der Waals surface area contributed by atoms with E-state index in [9.17, 15) is 4.79 Å². The number of fused-ring (bicyclic) bond motifs is 1. The highest BCUT2D eigenvalue weighted by Crippen LogP contribution is 2.31. The topological polar surface area (TPSA) is 32.3 Å². The molecule has 0 bridgehead atoms. The molecule has 1 aliphatic heterocycles. The van der Waals surface area contributed by atoms with Crippen LogP contribution in [0.4, 0.5) is 0 Å². The number of benzene rings is 1. The van der Waals surface area contributed by atoms with E-state index in [0.29, 0.717) is 5.11 Å². The van der Waals surface area contributed by atoms with Gasteiger partial charge in [-0.15, -0.1) is 0 Å². The van der Waals surface area contributed by atoms with Gasteiger partial charge in [0.1, 0.15) is 0 Å². The van der Waals surface area contributed by atoms with Gasteiger partial charge in [-0.2, -0.15) is 0 Å². The molecule has 1 N–H and O–H groups in total. The number of hydrogen-bond acceptors (Lipinski definition) is 2. The quantitative estimate of drug-likeness (QED) is 0.693. The predicted octanol–water partition coefficient (Wildman–Crippen LogP) is 5.30. The first kappa shape index (κ1) is 20.3.